The van der Waals surface area contributed by atoms with E-state index in [-0.39, 0.29) is 5.56 Å². The minimum Gasteiger partial charge on any atom is -0.478 e. The third-order valence-electron chi connectivity index (χ3n) is 4.70. The van der Waals surface area contributed by atoms with Crippen LogP contribution in [-0.4, -0.2) is 25.8 Å². The van der Waals surface area contributed by atoms with Gasteiger partial charge in [0.15, 0.2) is 0 Å². The SMILES string of the molecule is Cc1cc(/C=C/c2ccccc2)cc(-c2nc(Cn3cc(C(=O)O)cn3)c(C)s2)c1. The lowest BCUT2D eigenvalue weighted by Gasteiger charge is -2.03. The van der Waals surface area contributed by atoms with E-state index < -0.39 is 5.97 Å². The van der Waals surface area contributed by atoms with Crippen molar-refractivity contribution in [2.24, 2.45) is 0 Å². The molecule has 0 bridgehead atoms. The molecule has 0 saturated carbocycles. The number of hydrogen-bond acceptors (Lipinski definition) is 4. The van der Waals surface area contributed by atoms with Gasteiger partial charge in [0.05, 0.1) is 24.0 Å². The first-order valence-electron chi connectivity index (χ1n) is 9.55. The number of nitrogens with zero attached hydrogens (tertiary/aromatic N) is 3. The van der Waals surface area contributed by atoms with Crippen molar-refractivity contribution >= 4 is 29.5 Å². The topological polar surface area (TPSA) is 68.0 Å². The number of aryl methyl sites for hydroxylation is 2. The minimum atomic E-state index is -0.979. The van der Waals surface area contributed by atoms with Crippen molar-refractivity contribution in [2.45, 2.75) is 20.4 Å². The number of carboxylic acids is 1. The molecule has 0 saturated heterocycles. The maximum absolute atomic E-state index is 11.1. The first kappa shape index (κ1) is 19.8. The summed E-state index contributed by atoms with van der Waals surface area (Å²) in [6, 6.07) is 16.7. The molecule has 0 unspecified atom stereocenters. The fraction of sp³-hybridized carbons (Fsp3) is 0.125. The fourth-order valence-electron chi connectivity index (χ4n) is 3.20. The summed E-state index contributed by atoms with van der Waals surface area (Å²) in [5, 5.41) is 14.1. The lowest BCUT2D eigenvalue weighted by molar-refractivity contribution is 0.0696. The van der Waals surface area contributed by atoms with Crippen LogP contribution < -0.4 is 0 Å². The van der Waals surface area contributed by atoms with Crippen LogP contribution in [0.4, 0.5) is 0 Å². The third-order valence-corrected chi connectivity index (χ3v) is 5.76. The quantitative estimate of drug-likeness (QED) is 0.420. The molecule has 0 spiro atoms. The average molecular weight is 416 g/mol. The summed E-state index contributed by atoms with van der Waals surface area (Å²) in [5.74, 6) is -0.979. The van der Waals surface area contributed by atoms with Gasteiger partial charge in [-0.15, -0.1) is 11.3 Å². The van der Waals surface area contributed by atoms with Gasteiger partial charge in [-0.3, -0.25) is 4.68 Å². The van der Waals surface area contributed by atoms with Gasteiger partial charge in [0.1, 0.15) is 5.01 Å². The van der Waals surface area contributed by atoms with E-state index in [1.165, 1.54) is 18.0 Å². The highest BCUT2D eigenvalue weighted by Crippen LogP contribution is 2.30. The Balaban J connectivity index is 1.59. The van der Waals surface area contributed by atoms with Crippen LogP contribution in [0.5, 0.6) is 0 Å². The lowest BCUT2D eigenvalue weighted by Crippen LogP contribution is -2.02. The zero-order valence-electron chi connectivity index (χ0n) is 16.7. The molecule has 2 aromatic carbocycles. The zero-order chi connectivity index (χ0) is 21.1. The Labute approximate surface area is 179 Å². The molecule has 1 N–H and O–H groups in total. The summed E-state index contributed by atoms with van der Waals surface area (Å²) >= 11 is 1.64. The van der Waals surface area contributed by atoms with E-state index in [0.29, 0.717) is 6.54 Å². The molecule has 0 aliphatic carbocycles. The Morgan fingerprint density at radius 2 is 1.87 bits per heavy atom. The Hall–Kier alpha value is -3.51. The molecule has 0 aliphatic rings. The summed E-state index contributed by atoms with van der Waals surface area (Å²) in [7, 11) is 0. The van der Waals surface area contributed by atoms with Crippen LogP contribution >= 0.6 is 11.3 Å². The molecule has 150 valence electrons. The first-order valence-corrected chi connectivity index (χ1v) is 10.4. The molecule has 5 nitrogen and oxygen atoms in total. The van der Waals surface area contributed by atoms with Crippen LogP contribution in [0.1, 0.15) is 37.6 Å². The summed E-state index contributed by atoms with van der Waals surface area (Å²) in [6.07, 6.45) is 7.11. The molecule has 4 rings (SSSR count). The summed E-state index contributed by atoms with van der Waals surface area (Å²) < 4.78 is 1.61. The van der Waals surface area contributed by atoms with Gasteiger partial charge in [-0.05, 0) is 42.7 Å². The lowest BCUT2D eigenvalue weighted by atomic mass is 10.1. The van der Waals surface area contributed by atoms with Crippen LogP contribution in [0.25, 0.3) is 22.7 Å². The Morgan fingerprint density at radius 3 is 2.60 bits per heavy atom. The molecule has 2 heterocycles. The van der Waals surface area contributed by atoms with Crippen LogP contribution in [0.15, 0.2) is 60.9 Å². The van der Waals surface area contributed by atoms with Gasteiger partial charge in [0.25, 0.3) is 0 Å². The molecular formula is C24H21N3O2S. The van der Waals surface area contributed by atoms with Crippen LogP contribution in [-0.2, 0) is 6.54 Å². The highest BCUT2D eigenvalue weighted by Gasteiger charge is 2.13. The summed E-state index contributed by atoms with van der Waals surface area (Å²) in [5.41, 5.74) is 5.62. The number of benzene rings is 2. The van der Waals surface area contributed by atoms with Gasteiger partial charge in [0, 0.05) is 16.6 Å². The largest absolute Gasteiger partial charge is 0.478 e. The van der Waals surface area contributed by atoms with E-state index in [1.54, 1.807) is 16.0 Å². The predicted molar refractivity (Wildman–Crippen MR) is 121 cm³/mol. The van der Waals surface area contributed by atoms with Gasteiger partial charge in [0.2, 0.25) is 0 Å². The molecule has 0 amide bonds. The number of carbonyl (C=O) groups is 1. The number of carboxylic acid groups (broad SMARTS) is 1. The number of thiazole rings is 1. The van der Waals surface area contributed by atoms with Crippen LogP contribution in [0.2, 0.25) is 0 Å². The number of aromatic carboxylic acids is 1. The molecule has 0 radical (unpaired) electrons. The molecule has 4 aromatic rings. The maximum Gasteiger partial charge on any atom is 0.338 e. The predicted octanol–water partition coefficient (Wildman–Crippen LogP) is 5.54. The highest BCUT2D eigenvalue weighted by molar-refractivity contribution is 7.15. The standard InChI is InChI=1S/C24H21N3O2S/c1-16-10-19(9-8-18-6-4-3-5-7-18)12-20(11-16)23-26-22(17(2)30-23)15-27-14-21(13-25-27)24(28)29/h3-14H,15H2,1-2H3,(H,28,29)/b9-8+. The van der Waals surface area contributed by atoms with Gasteiger partial charge in [-0.25, -0.2) is 9.78 Å². The second-order valence-corrected chi connectivity index (χ2v) is 8.33. The second kappa shape index (κ2) is 8.47. The summed E-state index contributed by atoms with van der Waals surface area (Å²) in [6.45, 7) is 4.56. The normalized spacial score (nSPS) is 11.3. The van der Waals surface area contributed by atoms with Gasteiger partial charge in [-0.1, -0.05) is 48.6 Å². The molecule has 0 fully saturated rings. The molecule has 0 atom stereocenters. The van der Waals surface area contributed by atoms with Gasteiger partial charge >= 0.3 is 5.97 Å². The van der Waals surface area contributed by atoms with E-state index in [0.717, 1.165) is 32.3 Å². The zero-order valence-corrected chi connectivity index (χ0v) is 17.6. The molecule has 6 heteroatoms. The average Bonchev–Trinajstić information content (AvgIpc) is 3.34. The van der Waals surface area contributed by atoms with Crippen molar-refractivity contribution in [1.29, 1.82) is 0 Å². The van der Waals surface area contributed by atoms with Crippen LogP contribution in [0, 0.1) is 13.8 Å². The second-order valence-electron chi connectivity index (χ2n) is 7.13. The van der Waals surface area contributed by atoms with Gasteiger partial charge < -0.3 is 5.11 Å². The van der Waals surface area contributed by atoms with E-state index in [2.05, 4.69) is 54.5 Å². The van der Waals surface area contributed by atoms with Gasteiger partial charge in [-0.2, -0.15) is 5.10 Å². The third kappa shape index (κ3) is 4.55. The highest BCUT2D eigenvalue weighted by atomic mass is 32.1. The van der Waals surface area contributed by atoms with Crippen molar-refractivity contribution in [2.75, 3.05) is 0 Å². The molecule has 30 heavy (non-hydrogen) atoms. The first-order chi connectivity index (χ1) is 14.5. The van der Waals surface area contributed by atoms with E-state index in [9.17, 15) is 4.79 Å². The Morgan fingerprint density at radius 1 is 1.10 bits per heavy atom. The van der Waals surface area contributed by atoms with Crippen molar-refractivity contribution in [3.8, 4) is 10.6 Å². The number of aromatic nitrogens is 3. The molecule has 0 aliphatic heterocycles. The number of rotatable bonds is 6. The monoisotopic (exact) mass is 415 g/mol. The van der Waals surface area contributed by atoms with Crippen LogP contribution in [0.3, 0.4) is 0 Å². The minimum absolute atomic E-state index is 0.177. The Kier molecular flexibility index (Phi) is 5.59. The smallest absolute Gasteiger partial charge is 0.338 e. The fourth-order valence-corrected chi connectivity index (χ4v) is 4.11. The van der Waals surface area contributed by atoms with Crippen molar-refractivity contribution < 1.29 is 9.90 Å². The van der Waals surface area contributed by atoms with Crippen molar-refractivity contribution in [3.63, 3.8) is 0 Å². The van der Waals surface area contributed by atoms with E-state index in [1.807, 2.05) is 25.1 Å². The maximum atomic E-state index is 11.1. The number of hydrogen-bond donors (Lipinski definition) is 1. The van der Waals surface area contributed by atoms with Crippen molar-refractivity contribution in [1.82, 2.24) is 14.8 Å². The Bertz CT molecular complexity index is 1220. The molecular weight excluding hydrogens is 394 g/mol. The van der Waals surface area contributed by atoms with Crippen molar-refractivity contribution in [3.05, 3.63) is 93.7 Å². The summed E-state index contributed by atoms with van der Waals surface area (Å²) in [4.78, 5) is 17.0. The van der Waals surface area contributed by atoms with E-state index >= 15 is 0 Å². The van der Waals surface area contributed by atoms with E-state index in [4.69, 9.17) is 10.1 Å². The molecule has 2 aromatic heterocycles.